The van der Waals surface area contributed by atoms with Crippen molar-refractivity contribution in [3.05, 3.63) is 86.9 Å². The first kappa shape index (κ1) is 18.4. The second kappa shape index (κ2) is 7.90. The third kappa shape index (κ3) is 3.76. The summed E-state index contributed by atoms with van der Waals surface area (Å²) >= 11 is 0. The molecule has 0 aliphatic rings. The van der Waals surface area contributed by atoms with Gasteiger partial charge in [0.05, 0.1) is 25.9 Å². The van der Waals surface area contributed by atoms with Crippen molar-refractivity contribution in [2.24, 2.45) is 0 Å². The zero-order chi connectivity index (χ0) is 19.4. The molecule has 27 heavy (non-hydrogen) atoms. The average molecular weight is 370 g/mol. The van der Waals surface area contributed by atoms with E-state index in [1.807, 2.05) is 6.92 Å². The minimum atomic E-state index is -0.710. The molecule has 0 saturated heterocycles. The molecule has 0 aliphatic carbocycles. The smallest absolute Gasteiger partial charge is 0.321 e. The van der Waals surface area contributed by atoms with E-state index in [0.29, 0.717) is 23.6 Å². The molecule has 3 aromatic rings. The minimum absolute atomic E-state index is 0.0724. The number of rotatable bonds is 6. The van der Waals surface area contributed by atoms with Crippen molar-refractivity contribution in [3.8, 4) is 17.2 Å². The van der Waals surface area contributed by atoms with Crippen LogP contribution in [0.25, 0.3) is 5.69 Å². The lowest BCUT2D eigenvalue weighted by Crippen LogP contribution is -2.40. The zero-order valence-electron chi connectivity index (χ0n) is 15.0. The molecule has 0 unspecified atom stereocenters. The van der Waals surface area contributed by atoms with Crippen molar-refractivity contribution >= 4 is 0 Å². The van der Waals surface area contributed by atoms with Gasteiger partial charge in [0.25, 0.3) is 0 Å². The first-order valence-electron chi connectivity index (χ1n) is 8.42. The highest BCUT2D eigenvalue weighted by atomic mass is 19.1. The van der Waals surface area contributed by atoms with E-state index in [9.17, 15) is 14.0 Å². The highest BCUT2D eigenvalue weighted by Crippen LogP contribution is 2.21. The number of nitrogens with zero attached hydrogens (tertiary/aromatic N) is 2. The maximum atomic E-state index is 13.8. The first-order chi connectivity index (χ1) is 13.0. The van der Waals surface area contributed by atoms with Gasteiger partial charge in [0, 0.05) is 12.4 Å². The second-order valence-electron chi connectivity index (χ2n) is 5.78. The molecule has 0 aliphatic heterocycles. The number of methoxy groups -OCH3 is 1. The Labute approximate surface area is 155 Å². The highest BCUT2D eigenvalue weighted by Gasteiger charge is 2.12. The molecule has 0 N–H and O–H groups in total. The van der Waals surface area contributed by atoms with Crippen LogP contribution in [0.2, 0.25) is 0 Å². The lowest BCUT2D eigenvalue weighted by Gasteiger charge is -2.13. The SMILES string of the molecule is CCOc1ccccc1-n1ccn(Cc2ccc(OC)c(F)c2)c(=O)c1=O. The lowest BCUT2D eigenvalue weighted by molar-refractivity contribution is 0.339. The Morgan fingerprint density at radius 3 is 2.48 bits per heavy atom. The molecule has 0 bridgehead atoms. The molecule has 2 aromatic carbocycles. The molecule has 7 heteroatoms. The Morgan fingerprint density at radius 1 is 1.00 bits per heavy atom. The van der Waals surface area contributed by atoms with Crippen LogP contribution < -0.4 is 20.6 Å². The van der Waals surface area contributed by atoms with Gasteiger partial charge in [0.1, 0.15) is 5.75 Å². The van der Waals surface area contributed by atoms with Crippen molar-refractivity contribution in [1.82, 2.24) is 9.13 Å². The standard InChI is InChI=1S/C20H19FN2O4/c1-3-27-18-7-5-4-6-16(18)23-11-10-22(19(24)20(23)25)13-14-8-9-17(26-2)15(21)12-14/h4-12H,3,13H2,1-2H3. The van der Waals surface area contributed by atoms with Gasteiger partial charge < -0.3 is 14.0 Å². The Hall–Kier alpha value is -3.35. The Balaban J connectivity index is 1.98. The lowest BCUT2D eigenvalue weighted by atomic mass is 10.2. The Bertz CT molecular complexity index is 1070. The summed E-state index contributed by atoms with van der Waals surface area (Å²) in [6.45, 7) is 2.35. The van der Waals surface area contributed by atoms with Crippen LogP contribution in [0.5, 0.6) is 11.5 Å². The molecule has 0 saturated carbocycles. The molecule has 3 rings (SSSR count). The zero-order valence-corrected chi connectivity index (χ0v) is 15.0. The number of halogens is 1. The molecule has 140 valence electrons. The Morgan fingerprint density at radius 2 is 1.78 bits per heavy atom. The van der Waals surface area contributed by atoms with Crippen molar-refractivity contribution < 1.29 is 13.9 Å². The van der Waals surface area contributed by atoms with E-state index >= 15 is 0 Å². The summed E-state index contributed by atoms with van der Waals surface area (Å²) in [5.74, 6) is 0.104. The fourth-order valence-electron chi connectivity index (χ4n) is 2.76. The van der Waals surface area contributed by atoms with Crippen LogP contribution in [-0.4, -0.2) is 22.9 Å². The van der Waals surface area contributed by atoms with E-state index < -0.39 is 16.9 Å². The van der Waals surface area contributed by atoms with Gasteiger partial charge in [-0.3, -0.25) is 14.2 Å². The van der Waals surface area contributed by atoms with Gasteiger partial charge in [-0.1, -0.05) is 18.2 Å². The predicted molar refractivity (Wildman–Crippen MR) is 99.5 cm³/mol. The van der Waals surface area contributed by atoms with E-state index in [-0.39, 0.29) is 12.3 Å². The van der Waals surface area contributed by atoms with Gasteiger partial charge >= 0.3 is 11.1 Å². The number of benzene rings is 2. The molecular weight excluding hydrogens is 351 g/mol. The van der Waals surface area contributed by atoms with Gasteiger partial charge in [0.2, 0.25) is 0 Å². The fourth-order valence-corrected chi connectivity index (χ4v) is 2.76. The summed E-state index contributed by atoms with van der Waals surface area (Å²) < 4.78 is 26.7. The van der Waals surface area contributed by atoms with E-state index in [2.05, 4.69) is 0 Å². The molecule has 0 spiro atoms. The van der Waals surface area contributed by atoms with E-state index in [0.717, 1.165) is 0 Å². The van der Waals surface area contributed by atoms with Crippen LogP contribution in [-0.2, 0) is 6.54 Å². The van der Waals surface area contributed by atoms with Crippen LogP contribution in [0.4, 0.5) is 4.39 Å². The molecule has 1 aromatic heterocycles. The van der Waals surface area contributed by atoms with Gasteiger partial charge in [-0.25, -0.2) is 4.39 Å². The number of ether oxygens (including phenoxy) is 2. The third-order valence-corrected chi connectivity index (χ3v) is 4.05. The summed E-state index contributed by atoms with van der Waals surface area (Å²) in [6.07, 6.45) is 3.00. The topological polar surface area (TPSA) is 62.5 Å². The second-order valence-corrected chi connectivity index (χ2v) is 5.78. The molecule has 0 amide bonds. The molecule has 0 radical (unpaired) electrons. The van der Waals surface area contributed by atoms with Crippen LogP contribution in [0.3, 0.4) is 0 Å². The number of hydrogen-bond acceptors (Lipinski definition) is 4. The molecule has 6 nitrogen and oxygen atoms in total. The summed E-state index contributed by atoms with van der Waals surface area (Å²) in [7, 11) is 1.38. The Kier molecular flexibility index (Phi) is 5.40. The van der Waals surface area contributed by atoms with E-state index in [4.69, 9.17) is 9.47 Å². The maximum Gasteiger partial charge on any atom is 0.321 e. The number of aromatic nitrogens is 2. The van der Waals surface area contributed by atoms with Crippen LogP contribution in [0.15, 0.2) is 64.4 Å². The highest BCUT2D eigenvalue weighted by molar-refractivity contribution is 5.46. The normalized spacial score (nSPS) is 10.6. The van der Waals surface area contributed by atoms with Crippen molar-refractivity contribution in [1.29, 1.82) is 0 Å². The van der Waals surface area contributed by atoms with Crippen molar-refractivity contribution in [3.63, 3.8) is 0 Å². The summed E-state index contributed by atoms with van der Waals surface area (Å²) in [6, 6.07) is 11.4. The summed E-state index contributed by atoms with van der Waals surface area (Å²) in [4.78, 5) is 25.1. The fraction of sp³-hybridized carbons (Fsp3) is 0.200. The first-order valence-corrected chi connectivity index (χ1v) is 8.42. The third-order valence-electron chi connectivity index (χ3n) is 4.05. The van der Waals surface area contributed by atoms with Crippen LogP contribution in [0, 0.1) is 5.82 Å². The minimum Gasteiger partial charge on any atom is -0.494 e. The van der Waals surface area contributed by atoms with Gasteiger partial charge in [-0.2, -0.15) is 0 Å². The van der Waals surface area contributed by atoms with Gasteiger partial charge in [-0.15, -0.1) is 0 Å². The van der Waals surface area contributed by atoms with Gasteiger partial charge in [-0.05, 0) is 36.8 Å². The van der Waals surface area contributed by atoms with E-state index in [1.54, 1.807) is 30.3 Å². The van der Waals surface area contributed by atoms with Crippen molar-refractivity contribution in [2.75, 3.05) is 13.7 Å². The maximum absolute atomic E-state index is 13.8. The molecule has 0 atom stereocenters. The molecule has 1 heterocycles. The predicted octanol–water partition coefficient (Wildman–Crippen LogP) is 2.59. The summed E-state index contributed by atoms with van der Waals surface area (Å²) in [5, 5.41) is 0. The molecular formula is C20H19FN2O4. The van der Waals surface area contributed by atoms with Gasteiger partial charge in [0.15, 0.2) is 11.6 Å². The van der Waals surface area contributed by atoms with Crippen molar-refractivity contribution in [2.45, 2.75) is 13.5 Å². The number of para-hydroxylation sites is 2. The quantitative estimate of drug-likeness (QED) is 0.626. The largest absolute Gasteiger partial charge is 0.494 e. The van der Waals surface area contributed by atoms with E-state index in [1.165, 1.54) is 40.8 Å². The van der Waals surface area contributed by atoms with Crippen LogP contribution in [0.1, 0.15) is 12.5 Å². The monoisotopic (exact) mass is 370 g/mol. The average Bonchev–Trinajstić information content (AvgIpc) is 2.67. The van der Waals surface area contributed by atoms with Crippen LogP contribution >= 0.6 is 0 Å². The molecule has 0 fully saturated rings. The number of hydrogen-bond donors (Lipinski definition) is 0. The summed E-state index contributed by atoms with van der Waals surface area (Å²) in [5.41, 5.74) is -0.384.